The Bertz CT molecular complexity index is 182. The van der Waals surface area contributed by atoms with Crippen LogP contribution in [0.2, 0.25) is 24.2 Å². The lowest BCUT2D eigenvalue weighted by Gasteiger charge is -2.43. The summed E-state index contributed by atoms with van der Waals surface area (Å²) in [6.07, 6.45) is 0. The van der Waals surface area contributed by atoms with Crippen LogP contribution in [0.3, 0.4) is 0 Å². The number of rotatable bonds is 7. The third-order valence-corrected chi connectivity index (χ3v) is 24.4. The van der Waals surface area contributed by atoms with Gasteiger partial charge >= 0.3 is 0 Å². The van der Waals surface area contributed by atoms with Crippen molar-refractivity contribution in [2.45, 2.75) is 51.9 Å². The maximum atomic E-state index is 4.11. The fourth-order valence-electron chi connectivity index (χ4n) is 2.92. The van der Waals surface area contributed by atoms with Crippen molar-refractivity contribution in [2.75, 3.05) is 0 Å². The van der Waals surface area contributed by atoms with Crippen LogP contribution < -0.4 is 0 Å². The molecule has 0 aliphatic heterocycles. The quantitative estimate of drug-likeness (QED) is 0.572. The fraction of sp³-hybridized carbons (Fsp3) is 0.667. The fourth-order valence-corrected chi connectivity index (χ4v) is 19.5. The van der Waals surface area contributed by atoms with Gasteiger partial charge in [0.25, 0.3) is 0 Å². The molecular weight excluding hydrogens is 236 g/mol. The average molecular weight is 263 g/mol. The highest BCUT2D eigenvalue weighted by atomic mass is 35.5. The van der Waals surface area contributed by atoms with Crippen molar-refractivity contribution < 1.29 is 0 Å². The maximum absolute atomic E-state index is 4.11. The van der Waals surface area contributed by atoms with Crippen LogP contribution in [0.15, 0.2) is 24.6 Å². The van der Waals surface area contributed by atoms with Crippen LogP contribution in [-0.2, 0) is 0 Å². The first kappa shape index (κ1) is 17.6. The van der Waals surface area contributed by atoms with Gasteiger partial charge in [-0.15, -0.1) is 25.6 Å². The molecule has 0 rings (SSSR count). The van der Waals surface area contributed by atoms with Crippen molar-refractivity contribution >= 4 is 27.6 Å². The lowest BCUT2D eigenvalue weighted by Crippen LogP contribution is -2.59. The molecule has 0 aromatic carbocycles. The van der Waals surface area contributed by atoms with E-state index in [0.717, 1.165) is 0 Å². The van der Waals surface area contributed by atoms with Crippen molar-refractivity contribution in [3.05, 3.63) is 24.6 Å². The molecule has 0 spiro atoms. The average Bonchev–Trinajstić information content (AvgIpc) is 2.27. The van der Waals surface area contributed by atoms with Crippen molar-refractivity contribution in [3.63, 3.8) is 0 Å². The standard InChI is InChI=1S/C12H26Si2.ClH/c1-7-13(8-2,9-3)14(10-4,11-5)12-6;/h7-8H,1-2,9-12H2,3-6H3;1H. The summed E-state index contributed by atoms with van der Waals surface area (Å²) in [5.74, 6) is 0. The van der Waals surface area contributed by atoms with Crippen LogP contribution in [0.4, 0.5) is 0 Å². The van der Waals surface area contributed by atoms with Gasteiger partial charge < -0.3 is 0 Å². The van der Waals surface area contributed by atoms with E-state index in [-0.39, 0.29) is 12.4 Å². The molecule has 0 saturated carbocycles. The van der Waals surface area contributed by atoms with Crippen molar-refractivity contribution in [3.8, 4) is 0 Å². The molecule has 0 atom stereocenters. The van der Waals surface area contributed by atoms with Crippen molar-refractivity contribution in [2.24, 2.45) is 0 Å². The lowest BCUT2D eigenvalue weighted by molar-refractivity contribution is 1.20. The molecule has 0 bridgehead atoms. The smallest absolute Gasteiger partial charge is 0.0924 e. The Morgan fingerprint density at radius 2 is 1.13 bits per heavy atom. The zero-order valence-corrected chi connectivity index (χ0v) is 13.6. The zero-order chi connectivity index (χ0) is 11.2. The molecular formula is C12H27ClSi2. The van der Waals surface area contributed by atoms with Gasteiger partial charge in [0.15, 0.2) is 0 Å². The van der Waals surface area contributed by atoms with Crippen LogP contribution in [0.5, 0.6) is 0 Å². The zero-order valence-electron chi connectivity index (χ0n) is 10.8. The van der Waals surface area contributed by atoms with Gasteiger partial charge in [-0.3, -0.25) is 0 Å². The van der Waals surface area contributed by atoms with Gasteiger partial charge in [-0.1, -0.05) is 63.3 Å². The molecule has 0 saturated heterocycles. The molecule has 0 radical (unpaired) electrons. The largest absolute Gasteiger partial charge is 0.147 e. The summed E-state index contributed by atoms with van der Waals surface area (Å²) in [5, 5.41) is 0. The van der Waals surface area contributed by atoms with Gasteiger partial charge in [-0.05, 0) is 0 Å². The topological polar surface area (TPSA) is 0 Å². The van der Waals surface area contributed by atoms with Gasteiger partial charge in [0.2, 0.25) is 0 Å². The Kier molecular flexibility index (Phi) is 8.76. The monoisotopic (exact) mass is 262 g/mol. The van der Waals surface area contributed by atoms with Crippen LogP contribution >= 0.6 is 12.4 Å². The van der Waals surface area contributed by atoms with E-state index in [9.17, 15) is 0 Å². The minimum atomic E-state index is -1.33. The normalized spacial score (nSPS) is 11.7. The third kappa shape index (κ3) is 2.86. The summed E-state index contributed by atoms with van der Waals surface area (Å²) in [4.78, 5) is 0. The Labute approximate surface area is 104 Å². The van der Waals surface area contributed by atoms with Crippen LogP contribution in [0.25, 0.3) is 0 Å². The molecule has 0 unspecified atom stereocenters. The SMILES string of the molecule is C=C[Si](C=C)(CC)[Si](CC)(CC)CC.Cl. The van der Waals surface area contributed by atoms with E-state index >= 15 is 0 Å². The van der Waals surface area contributed by atoms with Gasteiger partial charge in [-0.25, -0.2) is 0 Å². The molecule has 90 valence electrons. The second-order valence-electron chi connectivity index (χ2n) is 4.14. The molecule has 0 fully saturated rings. The summed E-state index contributed by atoms with van der Waals surface area (Å²) in [6.45, 7) is 17.7. The van der Waals surface area contributed by atoms with Crippen LogP contribution in [0.1, 0.15) is 27.7 Å². The van der Waals surface area contributed by atoms with E-state index in [1.807, 2.05) is 0 Å². The molecule has 0 aromatic rings. The minimum Gasteiger partial charge on any atom is -0.147 e. The van der Waals surface area contributed by atoms with Crippen LogP contribution in [0, 0.1) is 0 Å². The predicted molar refractivity (Wildman–Crippen MR) is 81.1 cm³/mol. The Hall–Kier alpha value is 0.204. The maximum Gasteiger partial charge on any atom is 0.0924 e. The molecule has 3 heteroatoms. The Morgan fingerprint density at radius 3 is 1.20 bits per heavy atom. The summed E-state index contributed by atoms with van der Waals surface area (Å²) in [7, 11) is -2.42. The van der Waals surface area contributed by atoms with E-state index < -0.39 is 15.2 Å². The predicted octanol–water partition coefficient (Wildman–Crippen LogP) is 4.91. The number of hydrogen-bond acceptors (Lipinski definition) is 0. The van der Waals surface area contributed by atoms with Gasteiger partial charge in [0, 0.05) is 0 Å². The summed E-state index contributed by atoms with van der Waals surface area (Å²) >= 11 is 0. The van der Waals surface area contributed by atoms with E-state index in [2.05, 4.69) is 52.3 Å². The molecule has 0 aliphatic carbocycles. The van der Waals surface area contributed by atoms with Gasteiger partial charge in [0.05, 0.1) is 15.2 Å². The molecule has 15 heavy (non-hydrogen) atoms. The summed E-state index contributed by atoms with van der Waals surface area (Å²) in [6, 6.07) is 5.51. The lowest BCUT2D eigenvalue weighted by atomic mass is 10.9. The van der Waals surface area contributed by atoms with E-state index in [4.69, 9.17) is 0 Å². The van der Waals surface area contributed by atoms with E-state index in [0.29, 0.717) is 0 Å². The van der Waals surface area contributed by atoms with Gasteiger partial charge in [-0.2, -0.15) is 0 Å². The number of halogens is 1. The minimum absolute atomic E-state index is 0. The Balaban J connectivity index is 0. The highest BCUT2D eigenvalue weighted by Crippen LogP contribution is 2.34. The van der Waals surface area contributed by atoms with Gasteiger partial charge in [0.1, 0.15) is 0 Å². The molecule has 0 nitrogen and oxygen atoms in total. The van der Waals surface area contributed by atoms with E-state index in [1.54, 1.807) is 0 Å². The van der Waals surface area contributed by atoms with Crippen LogP contribution in [-0.4, -0.2) is 15.2 Å². The second-order valence-corrected chi connectivity index (χ2v) is 18.4. The Morgan fingerprint density at radius 1 is 0.800 bits per heavy atom. The molecule has 0 aromatic heterocycles. The van der Waals surface area contributed by atoms with Crippen molar-refractivity contribution in [1.82, 2.24) is 0 Å². The highest BCUT2D eigenvalue weighted by Gasteiger charge is 2.45. The first-order chi connectivity index (χ1) is 6.61. The first-order valence-corrected chi connectivity index (χ1v) is 11.9. The third-order valence-electron chi connectivity index (χ3n) is 4.33. The summed E-state index contributed by atoms with van der Waals surface area (Å²) in [5.41, 5.74) is 4.62. The molecule has 0 N–H and O–H groups in total. The summed E-state index contributed by atoms with van der Waals surface area (Å²) < 4.78 is 0. The highest BCUT2D eigenvalue weighted by molar-refractivity contribution is 7.46. The molecule has 0 heterocycles. The van der Waals surface area contributed by atoms with E-state index in [1.165, 1.54) is 24.2 Å². The molecule has 0 aliphatic rings. The first-order valence-electron chi connectivity index (χ1n) is 5.89. The molecule has 0 amide bonds. The second kappa shape index (κ2) is 7.47. The van der Waals surface area contributed by atoms with Crippen molar-refractivity contribution in [1.29, 1.82) is 0 Å². The number of hydrogen-bond donors (Lipinski definition) is 0.